The van der Waals surface area contributed by atoms with Gasteiger partial charge in [0.1, 0.15) is 4.90 Å². The summed E-state index contributed by atoms with van der Waals surface area (Å²) in [7, 11) is -1.35. The van der Waals surface area contributed by atoms with Crippen molar-refractivity contribution in [3.05, 3.63) is 17.2 Å². The van der Waals surface area contributed by atoms with E-state index in [1.807, 2.05) is 27.7 Å². The number of rotatable bonds is 4. The maximum absolute atomic E-state index is 12.9. The van der Waals surface area contributed by atoms with Gasteiger partial charge in [0, 0.05) is 17.3 Å². The van der Waals surface area contributed by atoms with Crippen molar-refractivity contribution in [2.45, 2.75) is 89.5 Å². The van der Waals surface area contributed by atoms with Crippen molar-refractivity contribution in [2.24, 2.45) is 0 Å². The Hall–Kier alpha value is -0.780. The molecule has 25 heavy (non-hydrogen) atoms. The van der Waals surface area contributed by atoms with Crippen LogP contribution in [0, 0.1) is 0 Å². The second-order valence-corrected chi connectivity index (χ2v) is 7.66. The predicted molar refractivity (Wildman–Crippen MR) is 111 cm³/mol. The number of phenolic OH excluding ortho intramolecular Hbond substituents is 1. The minimum atomic E-state index is -1.35. The van der Waals surface area contributed by atoms with Crippen LogP contribution in [-0.4, -0.2) is 26.6 Å². The topological polar surface area (TPSA) is 75.4 Å². The molecule has 1 saturated heterocycles. The third-order valence-corrected chi connectivity index (χ3v) is 6.40. The predicted octanol–water partition coefficient (Wildman–Crippen LogP) is 5.10. The molecule has 0 aliphatic carbocycles. The highest BCUT2D eigenvalue weighted by molar-refractivity contribution is 7.86. The number of piperidine rings is 1. The fourth-order valence-electron chi connectivity index (χ4n) is 2.86. The van der Waals surface area contributed by atoms with Gasteiger partial charge < -0.3 is 16.2 Å². The minimum absolute atomic E-state index is 0.00801. The highest BCUT2D eigenvalue weighted by atomic mass is 35.5. The van der Waals surface area contributed by atoms with E-state index < -0.39 is 10.8 Å². The van der Waals surface area contributed by atoms with Crippen molar-refractivity contribution in [2.75, 3.05) is 5.73 Å². The fourth-order valence-corrected chi connectivity index (χ4v) is 4.96. The van der Waals surface area contributed by atoms with Gasteiger partial charge in [-0.3, -0.25) is 4.21 Å². The molecule has 1 aliphatic heterocycles. The smallest absolute Gasteiger partial charge is 0.156 e. The molecule has 1 aromatic carbocycles. The van der Waals surface area contributed by atoms with Crippen LogP contribution >= 0.6 is 11.6 Å². The van der Waals surface area contributed by atoms with E-state index in [0.29, 0.717) is 17.1 Å². The molecule has 0 bridgehead atoms. The summed E-state index contributed by atoms with van der Waals surface area (Å²) >= 11 is 6.13. The molecule has 6 heteroatoms. The lowest BCUT2D eigenvalue weighted by Crippen LogP contribution is -2.48. The second-order valence-electron chi connectivity index (χ2n) is 5.58. The Morgan fingerprint density at radius 3 is 2.08 bits per heavy atom. The molecule has 4 nitrogen and oxygen atoms in total. The van der Waals surface area contributed by atoms with Crippen molar-refractivity contribution >= 4 is 28.1 Å². The molecule has 1 heterocycles. The Bertz CT molecular complexity index is 528. The summed E-state index contributed by atoms with van der Waals surface area (Å²) < 4.78 is 12.9. The molecule has 3 atom stereocenters. The van der Waals surface area contributed by atoms with Crippen LogP contribution in [0.4, 0.5) is 5.69 Å². The fraction of sp³-hybridized carbons (Fsp3) is 0.684. The minimum Gasteiger partial charge on any atom is -0.505 e. The summed E-state index contributed by atoms with van der Waals surface area (Å²) in [4.78, 5) is 0.285. The lowest BCUT2D eigenvalue weighted by atomic mass is 9.95. The molecule has 146 valence electrons. The molecule has 0 radical (unpaired) electrons. The van der Waals surface area contributed by atoms with Crippen molar-refractivity contribution in [3.63, 3.8) is 0 Å². The van der Waals surface area contributed by atoms with Crippen molar-refractivity contribution in [3.8, 4) is 5.75 Å². The molecule has 0 amide bonds. The van der Waals surface area contributed by atoms with Crippen LogP contribution in [0.1, 0.15) is 67.2 Å². The number of aromatic hydroxyl groups is 1. The van der Waals surface area contributed by atoms with Crippen LogP contribution in [-0.2, 0) is 10.8 Å². The van der Waals surface area contributed by atoms with Gasteiger partial charge in [0.25, 0.3) is 0 Å². The molecular weight excluding hydrogens is 356 g/mol. The zero-order valence-electron chi connectivity index (χ0n) is 16.4. The van der Waals surface area contributed by atoms with Gasteiger partial charge in [-0.15, -0.1) is 0 Å². The Balaban J connectivity index is 0.00000134. The van der Waals surface area contributed by atoms with E-state index in [9.17, 15) is 9.32 Å². The molecule has 1 fully saturated rings. The molecule has 4 N–H and O–H groups in total. The average Bonchev–Trinajstić information content (AvgIpc) is 2.67. The quantitative estimate of drug-likeness (QED) is 0.494. The lowest BCUT2D eigenvalue weighted by Gasteiger charge is -2.35. The number of nitrogens with two attached hydrogens (primary N) is 1. The van der Waals surface area contributed by atoms with Crippen LogP contribution in [0.15, 0.2) is 17.0 Å². The van der Waals surface area contributed by atoms with E-state index in [4.69, 9.17) is 17.3 Å². The molecular formula is C19H35ClN2O2S. The lowest BCUT2D eigenvalue weighted by molar-refractivity contribution is 0.312. The summed E-state index contributed by atoms with van der Waals surface area (Å²) in [6.45, 7) is 12.3. The van der Waals surface area contributed by atoms with Gasteiger partial charge in [0.05, 0.1) is 21.5 Å². The first-order valence-electron chi connectivity index (χ1n) is 9.41. The SMILES string of the molecule is CC.CC.CCC1CC(S(=O)c2c(Cl)ccc(N)c2O)CC(CC)N1. The average molecular weight is 391 g/mol. The maximum atomic E-state index is 12.9. The number of phenols is 1. The highest BCUT2D eigenvalue weighted by Crippen LogP contribution is 2.37. The standard InChI is InChI=1S/C15H23ClN2O2S.2C2H6/c1-3-9-7-11(8-10(4-2)18-9)21(20)15-12(16)5-6-13(17)14(15)19;2*1-2/h5-6,9-11,18-19H,3-4,7-8,17H2,1-2H3;2*1-2H3. The van der Waals surface area contributed by atoms with Gasteiger partial charge in [-0.1, -0.05) is 53.1 Å². The molecule has 0 spiro atoms. The first-order chi connectivity index (χ1) is 12.0. The first kappa shape index (κ1) is 24.2. The summed E-state index contributed by atoms with van der Waals surface area (Å²) in [5, 5.41) is 14.0. The van der Waals surface area contributed by atoms with Crippen LogP contribution in [0.3, 0.4) is 0 Å². The Morgan fingerprint density at radius 2 is 1.64 bits per heavy atom. The molecule has 0 aromatic heterocycles. The zero-order chi connectivity index (χ0) is 19.6. The van der Waals surface area contributed by atoms with E-state index in [2.05, 4.69) is 19.2 Å². The largest absolute Gasteiger partial charge is 0.505 e. The Morgan fingerprint density at radius 1 is 1.16 bits per heavy atom. The number of hydrogen-bond donors (Lipinski definition) is 3. The van der Waals surface area contributed by atoms with Crippen LogP contribution in [0.2, 0.25) is 5.02 Å². The first-order valence-corrected chi connectivity index (χ1v) is 11.0. The summed E-state index contributed by atoms with van der Waals surface area (Å²) in [6, 6.07) is 3.85. The number of benzene rings is 1. The molecule has 0 saturated carbocycles. The third-order valence-electron chi connectivity index (χ3n) is 4.17. The second kappa shape index (κ2) is 12.6. The van der Waals surface area contributed by atoms with Crippen LogP contribution in [0.5, 0.6) is 5.75 Å². The van der Waals surface area contributed by atoms with E-state index >= 15 is 0 Å². The summed E-state index contributed by atoms with van der Waals surface area (Å²) in [5.41, 5.74) is 5.93. The van der Waals surface area contributed by atoms with Gasteiger partial charge in [0.15, 0.2) is 5.75 Å². The molecule has 2 rings (SSSR count). The monoisotopic (exact) mass is 390 g/mol. The number of nitrogen functional groups attached to an aromatic ring is 1. The molecule has 1 aliphatic rings. The van der Waals surface area contributed by atoms with E-state index in [1.165, 1.54) is 6.07 Å². The Kier molecular flexibility index (Phi) is 12.2. The number of halogens is 1. The summed E-state index contributed by atoms with van der Waals surface area (Å²) in [5.74, 6) is -0.138. The van der Waals surface area contributed by atoms with Gasteiger partial charge in [0.2, 0.25) is 0 Å². The van der Waals surface area contributed by atoms with Gasteiger partial charge in [-0.2, -0.15) is 0 Å². The van der Waals surface area contributed by atoms with Crippen LogP contribution < -0.4 is 11.1 Å². The van der Waals surface area contributed by atoms with Gasteiger partial charge in [-0.25, -0.2) is 0 Å². The highest BCUT2D eigenvalue weighted by Gasteiger charge is 2.32. The normalized spacial score (nSPS) is 23.6. The maximum Gasteiger partial charge on any atom is 0.156 e. The van der Waals surface area contributed by atoms with Gasteiger partial charge >= 0.3 is 0 Å². The molecule has 3 unspecified atom stereocenters. The van der Waals surface area contributed by atoms with Gasteiger partial charge in [-0.05, 0) is 37.8 Å². The molecule has 1 aromatic rings. The number of nitrogens with one attached hydrogen (secondary N) is 1. The third kappa shape index (κ3) is 6.46. The van der Waals surface area contributed by atoms with Crippen molar-refractivity contribution in [1.82, 2.24) is 5.32 Å². The summed E-state index contributed by atoms with van der Waals surface area (Å²) in [6.07, 6.45) is 3.65. The number of hydrogen-bond acceptors (Lipinski definition) is 4. The Labute approximate surface area is 161 Å². The van der Waals surface area contributed by atoms with E-state index in [0.717, 1.165) is 25.7 Å². The van der Waals surface area contributed by atoms with E-state index in [1.54, 1.807) is 6.07 Å². The van der Waals surface area contributed by atoms with Crippen molar-refractivity contribution < 1.29 is 9.32 Å². The number of anilines is 1. The zero-order valence-corrected chi connectivity index (χ0v) is 18.0. The van der Waals surface area contributed by atoms with Crippen molar-refractivity contribution in [1.29, 1.82) is 0 Å². The van der Waals surface area contributed by atoms with E-state index in [-0.39, 0.29) is 21.6 Å². The van der Waals surface area contributed by atoms with Crippen LogP contribution in [0.25, 0.3) is 0 Å².